The Morgan fingerprint density at radius 3 is 1.88 bits per heavy atom. The molecule has 0 unspecified atom stereocenters. The van der Waals surface area contributed by atoms with Gasteiger partial charge < -0.3 is 5.11 Å². The van der Waals surface area contributed by atoms with Crippen molar-refractivity contribution in [2.24, 2.45) is 0 Å². The van der Waals surface area contributed by atoms with Crippen LogP contribution in [0, 0.1) is 0 Å². The Balaban J connectivity index is 4.02. The first-order chi connectivity index (χ1) is 11.7. The summed E-state index contributed by atoms with van der Waals surface area (Å²) in [4.78, 5) is 10.2. The quantitative estimate of drug-likeness (QED) is 0.691. The molecule has 0 aliphatic heterocycles. The van der Waals surface area contributed by atoms with Crippen LogP contribution in [0.3, 0.4) is 0 Å². The molecule has 0 radical (unpaired) electrons. The Morgan fingerprint density at radius 1 is 1.04 bits per heavy atom. The third kappa shape index (κ3) is 3.72. The molecule has 11 heteroatoms. The molecule has 3 nitrogen and oxygen atoms in total. The van der Waals surface area contributed by atoms with Crippen molar-refractivity contribution in [3.8, 4) is 0 Å². The first-order valence-electron chi connectivity index (χ1n) is 7.34. The summed E-state index contributed by atoms with van der Waals surface area (Å²) in [5.74, 6) is -1.99. The van der Waals surface area contributed by atoms with Crippen LogP contribution in [0.2, 0.25) is 0 Å². The second kappa shape index (κ2) is 7.53. The summed E-state index contributed by atoms with van der Waals surface area (Å²) < 4.78 is 105. The van der Waals surface area contributed by atoms with Gasteiger partial charge in [0.15, 0.2) is 0 Å². The van der Waals surface area contributed by atoms with E-state index in [1.54, 1.807) is 0 Å². The third-order valence-electron chi connectivity index (χ3n) is 3.61. The fourth-order valence-corrected chi connectivity index (χ4v) is 4.02. The maximum Gasteiger partial charge on any atom is 0.435 e. The van der Waals surface area contributed by atoms with Crippen molar-refractivity contribution in [1.29, 1.82) is 0 Å². The van der Waals surface area contributed by atoms with Gasteiger partial charge in [0.1, 0.15) is 0 Å². The van der Waals surface area contributed by atoms with Gasteiger partial charge in [0, 0.05) is 16.2 Å². The predicted molar refractivity (Wildman–Crippen MR) is 79.2 cm³/mol. The van der Waals surface area contributed by atoms with Crippen molar-refractivity contribution in [2.45, 2.75) is 49.6 Å². The number of carboxylic acid groups (broad SMARTS) is 1. The van der Waals surface area contributed by atoms with E-state index in [1.165, 1.54) is 13.8 Å². The smallest absolute Gasteiger partial charge is 0.435 e. The maximum atomic E-state index is 14.5. The van der Waals surface area contributed by atoms with Gasteiger partial charge in [-0.1, -0.05) is 19.9 Å². The van der Waals surface area contributed by atoms with Gasteiger partial charge in [0.05, 0.1) is 16.4 Å². The zero-order valence-corrected chi connectivity index (χ0v) is 14.4. The highest BCUT2D eigenvalue weighted by Crippen LogP contribution is 2.55. The Labute approximate surface area is 146 Å². The van der Waals surface area contributed by atoms with Gasteiger partial charge >= 0.3 is 24.0 Å². The van der Waals surface area contributed by atoms with Crippen LogP contribution >= 0.6 is 0 Å². The molecule has 0 aliphatic carbocycles. The molecule has 1 atom stereocenters. The van der Waals surface area contributed by atoms with E-state index < -0.39 is 56.4 Å². The summed E-state index contributed by atoms with van der Waals surface area (Å²) in [6.07, 6.45) is -13.0. The molecule has 0 spiro atoms. The second-order valence-corrected chi connectivity index (χ2v) is 6.84. The average molecular weight is 408 g/mol. The summed E-state index contributed by atoms with van der Waals surface area (Å²) in [5.41, 5.74) is -8.80. The summed E-state index contributed by atoms with van der Waals surface area (Å²) in [6, 6.07) is 0.571. The molecule has 1 aromatic carbocycles. The van der Waals surface area contributed by atoms with Crippen molar-refractivity contribution in [2.75, 3.05) is 5.75 Å². The van der Waals surface area contributed by atoms with Gasteiger partial charge in [0.25, 0.3) is 0 Å². The Bertz CT molecular complexity index is 696. The van der Waals surface area contributed by atoms with Crippen LogP contribution in [0.15, 0.2) is 17.0 Å². The van der Waals surface area contributed by atoms with Gasteiger partial charge in [-0.05, 0) is 24.5 Å². The van der Waals surface area contributed by atoms with Gasteiger partial charge in [-0.3, -0.25) is 4.21 Å². The summed E-state index contributed by atoms with van der Waals surface area (Å²) in [7, 11) is -2.45. The standard InChI is InChI=1S/C15H15F7O3S/c1-3-7-26(25)11-8(4-2)9(12(23)24)5-6-10(11)13(16,14(17,18)19)15(20,21)22/h5-6H,3-4,7H2,1-2H3,(H,23,24)/t26-/m0/s1. The molecule has 1 rings (SSSR count). The lowest BCUT2D eigenvalue weighted by Gasteiger charge is -2.32. The molecule has 0 saturated carbocycles. The minimum Gasteiger partial charge on any atom is -0.478 e. The number of aromatic carboxylic acids is 1. The number of hydrogen-bond donors (Lipinski definition) is 1. The lowest BCUT2D eigenvalue weighted by Crippen LogP contribution is -2.51. The minimum absolute atomic E-state index is 0.104. The normalized spacial score (nSPS) is 14.3. The topological polar surface area (TPSA) is 54.4 Å². The first-order valence-corrected chi connectivity index (χ1v) is 8.66. The second-order valence-electron chi connectivity index (χ2n) is 5.33. The zero-order valence-electron chi connectivity index (χ0n) is 13.6. The number of carboxylic acids is 1. The van der Waals surface area contributed by atoms with Crippen molar-refractivity contribution in [1.82, 2.24) is 0 Å². The highest BCUT2D eigenvalue weighted by molar-refractivity contribution is 7.85. The molecule has 1 aromatic rings. The lowest BCUT2D eigenvalue weighted by molar-refractivity contribution is -0.349. The van der Waals surface area contributed by atoms with Crippen molar-refractivity contribution in [3.05, 3.63) is 28.8 Å². The molecule has 0 heterocycles. The lowest BCUT2D eigenvalue weighted by atomic mass is 9.90. The highest BCUT2D eigenvalue weighted by Gasteiger charge is 2.74. The van der Waals surface area contributed by atoms with E-state index in [1.807, 2.05) is 0 Å². The Morgan fingerprint density at radius 2 is 1.54 bits per heavy atom. The van der Waals surface area contributed by atoms with Gasteiger partial charge in [-0.15, -0.1) is 0 Å². The van der Waals surface area contributed by atoms with Crippen LogP contribution in [0.1, 0.15) is 41.8 Å². The van der Waals surface area contributed by atoms with Gasteiger partial charge in [-0.2, -0.15) is 26.3 Å². The van der Waals surface area contributed by atoms with Crippen molar-refractivity contribution < 1.29 is 44.8 Å². The average Bonchev–Trinajstić information content (AvgIpc) is 2.50. The Kier molecular flexibility index (Phi) is 6.49. The number of hydrogen-bond acceptors (Lipinski definition) is 2. The minimum atomic E-state index is -6.38. The molecular weight excluding hydrogens is 393 g/mol. The van der Waals surface area contributed by atoms with E-state index in [-0.39, 0.29) is 24.7 Å². The van der Waals surface area contributed by atoms with E-state index >= 15 is 0 Å². The van der Waals surface area contributed by atoms with Crippen LogP contribution < -0.4 is 0 Å². The van der Waals surface area contributed by atoms with Crippen LogP contribution in [0.25, 0.3) is 0 Å². The predicted octanol–water partition coefficient (Wildman–Crippen LogP) is 4.75. The largest absolute Gasteiger partial charge is 0.478 e. The summed E-state index contributed by atoms with van der Waals surface area (Å²) in [6.45, 7) is 2.74. The number of rotatable bonds is 6. The number of benzene rings is 1. The zero-order chi connectivity index (χ0) is 20.5. The monoisotopic (exact) mass is 408 g/mol. The summed E-state index contributed by atoms with van der Waals surface area (Å²) in [5, 5.41) is 9.11. The fraction of sp³-hybridized carbons (Fsp3) is 0.533. The van der Waals surface area contributed by atoms with Gasteiger partial charge in [0.2, 0.25) is 0 Å². The molecule has 148 valence electrons. The fourth-order valence-electron chi connectivity index (χ4n) is 2.46. The number of alkyl halides is 7. The van der Waals surface area contributed by atoms with E-state index in [2.05, 4.69) is 0 Å². The van der Waals surface area contributed by atoms with E-state index in [4.69, 9.17) is 5.11 Å². The molecule has 0 bridgehead atoms. The third-order valence-corrected chi connectivity index (χ3v) is 5.31. The van der Waals surface area contributed by atoms with Crippen LogP contribution in [0.4, 0.5) is 30.7 Å². The van der Waals surface area contributed by atoms with Crippen LogP contribution in [0.5, 0.6) is 0 Å². The molecular formula is C15H15F7O3S. The van der Waals surface area contributed by atoms with E-state index in [0.29, 0.717) is 6.07 Å². The van der Waals surface area contributed by atoms with E-state index in [0.717, 1.165) is 0 Å². The molecule has 0 aromatic heterocycles. The van der Waals surface area contributed by atoms with E-state index in [9.17, 15) is 39.7 Å². The van der Waals surface area contributed by atoms with Crippen molar-refractivity contribution in [3.63, 3.8) is 0 Å². The van der Waals surface area contributed by atoms with Crippen LogP contribution in [-0.4, -0.2) is 33.4 Å². The molecule has 0 saturated heterocycles. The van der Waals surface area contributed by atoms with Crippen LogP contribution in [-0.2, 0) is 22.9 Å². The number of halogens is 7. The summed E-state index contributed by atoms with van der Waals surface area (Å²) >= 11 is 0. The molecule has 0 aliphatic rings. The Hall–Kier alpha value is -1.65. The number of carbonyl (C=O) groups is 1. The molecule has 26 heavy (non-hydrogen) atoms. The highest BCUT2D eigenvalue weighted by atomic mass is 32.2. The molecule has 1 N–H and O–H groups in total. The molecule has 0 amide bonds. The van der Waals surface area contributed by atoms with Gasteiger partial charge in [-0.25, -0.2) is 9.18 Å². The first kappa shape index (κ1) is 22.4. The maximum absolute atomic E-state index is 14.5. The SMILES string of the molecule is CCC[S@](=O)c1c(C(F)(C(F)(F)F)C(F)(F)F)ccc(C(=O)O)c1CC. The molecule has 0 fully saturated rings. The van der Waals surface area contributed by atoms with Crippen molar-refractivity contribution >= 4 is 16.8 Å².